The number of hydrogen-bond acceptors (Lipinski definition) is 4. The Hall–Kier alpha value is -0.460. The Balaban J connectivity index is 1.95. The van der Waals surface area contributed by atoms with Crippen molar-refractivity contribution in [1.82, 2.24) is 10.3 Å². The Kier molecular flexibility index (Phi) is 6.59. The first-order valence-corrected chi connectivity index (χ1v) is 7.28. The van der Waals surface area contributed by atoms with Gasteiger partial charge in [-0.15, -0.1) is 0 Å². The smallest absolute Gasteiger partial charge is 0.233 e. The average Bonchev–Trinajstić information content (AvgIpc) is 2.31. The van der Waals surface area contributed by atoms with E-state index >= 15 is 0 Å². The van der Waals surface area contributed by atoms with Gasteiger partial charge in [-0.1, -0.05) is 6.42 Å². The molecule has 1 fully saturated rings. The molecule has 0 aromatic heterocycles. The molecule has 1 aliphatic rings. The van der Waals surface area contributed by atoms with Crippen LogP contribution in [0.1, 0.15) is 25.7 Å². The van der Waals surface area contributed by atoms with Gasteiger partial charge < -0.3 is 4.90 Å². The molecule has 0 saturated carbocycles. The van der Waals surface area contributed by atoms with E-state index in [0.717, 1.165) is 50.4 Å². The molecule has 0 spiro atoms. The number of carbonyl (C=O) groups excluding carboxylic acids is 1. The topological polar surface area (TPSA) is 75.4 Å². The minimum atomic E-state index is -0.586. The SMILES string of the molecule is NNC(=O)CCCCCN1CCS(=O)CC1. The summed E-state index contributed by atoms with van der Waals surface area (Å²) < 4.78 is 11.1. The average molecular weight is 247 g/mol. The number of amides is 1. The number of nitrogens with one attached hydrogen (secondary N) is 1. The lowest BCUT2D eigenvalue weighted by atomic mass is 10.2. The summed E-state index contributed by atoms with van der Waals surface area (Å²) in [6, 6.07) is 0. The van der Waals surface area contributed by atoms with Gasteiger partial charge in [-0.05, 0) is 19.4 Å². The summed E-state index contributed by atoms with van der Waals surface area (Å²) in [4.78, 5) is 13.2. The third kappa shape index (κ3) is 5.58. The normalized spacial score (nSPS) is 18.6. The van der Waals surface area contributed by atoms with E-state index in [9.17, 15) is 9.00 Å². The third-order valence-electron chi connectivity index (χ3n) is 2.81. The van der Waals surface area contributed by atoms with E-state index in [1.165, 1.54) is 0 Å². The van der Waals surface area contributed by atoms with Crippen LogP contribution in [0.2, 0.25) is 0 Å². The highest BCUT2D eigenvalue weighted by molar-refractivity contribution is 7.85. The summed E-state index contributed by atoms with van der Waals surface area (Å²) >= 11 is 0. The Labute approximate surface area is 99.2 Å². The highest BCUT2D eigenvalue weighted by Crippen LogP contribution is 2.05. The van der Waals surface area contributed by atoms with E-state index in [1.807, 2.05) is 0 Å². The van der Waals surface area contributed by atoms with Crippen molar-refractivity contribution in [3.05, 3.63) is 0 Å². The molecule has 5 nitrogen and oxygen atoms in total. The molecule has 1 saturated heterocycles. The molecule has 0 aromatic rings. The van der Waals surface area contributed by atoms with E-state index in [1.54, 1.807) is 0 Å². The Morgan fingerprint density at radius 2 is 1.94 bits per heavy atom. The van der Waals surface area contributed by atoms with E-state index in [2.05, 4.69) is 10.3 Å². The van der Waals surface area contributed by atoms with E-state index < -0.39 is 10.8 Å². The zero-order valence-electron chi connectivity index (χ0n) is 9.61. The van der Waals surface area contributed by atoms with Crippen molar-refractivity contribution in [1.29, 1.82) is 0 Å². The predicted octanol–water partition coefficient (Wildman–Crippen LogP) is -0.399. The number of nitrogens with zero attached hydrogens (tertiary/aromatic N) is 1. The van der Waals surface area contributed by atoms with Crippen LogP contribution in [0.5, 0.6) is 0 Å². The van der Waals surface area contributed by atoms with Gasteiger partial charge in [0.1, 0.15) is 0 Å². The van der Waals surface area contributed by atoms with Crippen molar-refractivity contribution in [3.63, 3.8) is 0 Å². The summed E-state index contributed by atoms with van der Waals surface area (Å²) in [5.74, 6) is 6.52. The van der Waals surface area contributed by atoms with Crippen LogP contribution in [-0.2, 0) is 15.6 Å². The molecule has 1 aliphatic heterocycles. The monoisotopic (exact) mass is 247 g/mol. The largest absolute Gasteiger partial charge is 0.302 e. The standard InChI is InChI=1S/C10H21N3O2S/c11-12-10(14)4-2-1-3-5-13-6-8-16(15)9-7-13/h1-9,11H2,(H,12,14). The highest BCUT2D eigenvalue weighted by Gasteiger charge is 2.13. The maximum atomic E-state index is 11.1. The molecule has 6 heteroatoms. The zero-order valence-corrected chi connectivity index (χ0v) is 10.4. The number of carbonyl (C=O) groups is 1. The second-order valence-corrected chi connectivity index (χ2v) is 5.76. The molecular weight excluding hydrogens is 226 g/mol. The van der Waals surface area contributed by atoms with Crippen molar-refractivity contribution in [2.75, 3.05) is 31.1 Å². The Morgan fingerprint density at radius 3 is 2.56 bits per heavy atom. The van der Waals surface area contributed by atoms with Gasteiger partial charge in [0.15, 0.2) is 0 Å². The lowest BCUT2D eigenvalue weighted by Crippen LogP contribution is -2.38. The van der Waals surface area contributed by atoms with Crippen molar-refractivity contribution in [3.8, 4) is 0 Å². The minimum Gasteiger partial charge on any atom is -0.302 e. The first-order chi connectivity index (χ1) is 7.72. The lowest BCUT2D eigenvalue weighted by molar-refractivity contribution is -0.121. The van der Waals surface area contributed by atoms with Gasteiger partial charge in [-0.3, -0.25) is 14.4 Å². The molecule has 0 atom stereocenters. The third-order valence-corrected chi connectivity index (χ3v) is 4.09. The van der Waals surface area contributed by atoms with Gasteiger partial charge in [0.25, 0.3) is 0 Å². The molecule has 16 heavy (non-hydrogen) atoms. The van der Waals surface area contributed by atoms with Crippen LogP contribution in [0.25, 0.3) is 0 Å². The number of hydrazine groups is 1. The summed E-state index contributed by atoms with van der Waals surface area (Å²) in [6.45, 7) is 2.97. The second kappa shape index (κ2) is 7.76. The van der Waals surface area contributed by atoms with Crippen LogP contribution in [0.4, 0.5) is 0 Å². The van der Waals surface area contributed by atoms with Crippen LogP contribution in [-0.4, -0.2) is 46.2 Å². The first-order valence-electron chi connectivity index (χ1n) is 5.79. The molecule has 0 unspecified atom stereocenters. The van der Waals surface area contributed by atoms with Gasteiger partial charge >= 0.3 is 0 Å². The second-order valence-electron chi connectivity index (χ2n) is 4.07. The zero-order chi connectivity index (χ0) is 11.8. The van der Waals surface area contributed by atoms with Crippen molar-refractivity contribution in [2.24, 2.45) is 5.84 Å². The molecule has 1 heterocycles. The molecule has 0 aliphatic carbocycles. The number of unbranched alkanes of at least 4 members (excludes halogenated alkanes) is 2. The summed E-state index contributed by atoms with van der Waals surface area (Å²) in [5, 5.41) is 0. The summed E-state index contributed by atoms with van der Waals surface area (Å²) in [7, 11) is -0.586. The van der Waals surface area contributed by atoms with Crippen molar-refractivity contribution in [2.45, 2.75) is 25.7 Å². The first kappa shape index (κ1) is 13.6. The van der Waals surface area contributed by atoms with E-state index in [-0.39, 0.29) is 5.91 Å². The lowest BCUT2D eigenvalue weighted by Gasteiger charge is -2.25. The van der Waals surface area contributed by atoms with Gasteiger partial charge in [0.05, 0.1) is 0 Å². The summed E-state index contributed by atoms with van der Waals surface area (Å²) in [5.41, 5.74) is 2.13. The van der Waals surface area contributed by atoms with E-state index in [4.69, 9.17) is 5.84 Å². The quantitative estimate of drug-likeness (QED) is 0.290. The fourth-order valence-corrected chi connectivity index (χ4v) is 2.90. The molecule has 0 bridgehead atoms. The van der Waals surface area contributed by atoms with Crippen LogP contribution in [0.15, 0.2) is 0 Å². The van der Waals surface area contributed by atoms with Crippen molar-refractivity contribution < 1.29 is 9.00 Å². The van der Waals surface area contributed by atoms with Gasteiger partial charge in [0.2, 0.25) is 5.91 Å². The van der Waals surface area contributed by atoms with Crippen LogP contribution in [0.3, 0.4) is 0 Å². The molecule has 1 rings (SSSR count). The molecule has 1 amide bonds. The van der Waals surface area contributed by atoms with E-state index in [0.29, 0.717) is 6.42 Å². The molecule has 3 N–H and O–H groups in total. The van der Waals surface area contributed by atoms with Gasteiger partial charge in [0, 0.05) is 41.8 Å². The van der Waals surface area contributed by atoms with Crippen LogP contribution in [0, 0.1) is 0 Å². The fraction of sp³-hybridized carbons (Fsp3) is 0.900. The Bertz CT molecular complexity index is 238. The van der Waals surface area contributed by atoms with Crippen LogP contribution < -0.4 is 11.3 Å². The maximum absolute atomic E-state index is 11.1. The predicted molar refractivity (Wildman–Crippen MR) is 65.1 cm³/mol. The molecule has 0 radical (unpaired) electrons. The minimum absolute atomic E-state index is 0.0895. The maximum Gasteiger partial charge on any atom is 0.233 e. The van der Waals surface area contributed by atoms with Gasteiger partial charge in [-0.25, -0.2) is 5.84 Å². The Morgan fingerprint density at radius 1 is 1.25 bits per heavy atom. The summed E-state index contributed by atoms with van der Waals surface area (Å²) in [6.07, 6.45) is 3.56. The van der Waals surface area contributed by atoms with Gasteiger partial charge in [-0.2, -0.15) is 0 Å². The molecule has 0 aromatic carbocycles. The number of nitrogens with two attached hydrogens (primary N) is 1. The highest BCUT2D eigenvalue weighted by atomic mass is 32.2. The number of rotatable bonds is 6. The molecule has 94 valence electrons. The van der Waals surface area contributed by atoms with Crippen molar-refractivity contribution >= 4 is 16.7 Å². The fourth-order valence-electron chi connectivity index (χ4n) is 1.77. The number of hydrogen-bond donors (Lipinski definition) is 2. The van der Waals surface area contributed by atoms with Crippen LogP contribution >= 0.6 is 0 Å². The molecular formula is C10H21N3O2S.